The van der Waals surface area contributed by atoms with E-state index in [2.05, 4.69) is 157 Å². The average molecular weight is 476 g/mol. The van der Waals surface area contributed by atoms with Crippen LogP contribution in [0, 0.1) is 6.92 Å². The molecule has 0 saturated carbocycles. The highest BCUT2D eigenvalue weighted by Crippen LogP contribution is 2.32. The van der Waals surface area contributed by atoms with Gasteiger partial charge in [0.05, 0.1) is 0 Å². The highest BCUT2D eigenvalue weighted by atomic mass is 15.0. The lowest BCUT2D eigenvalue weighted by atomic mass is 10.1. The third kappa shape index (κ3) is 5.03. The topological polar surface area (TPSA) is 4.93 Å². The monoisotopic (exact) mass is 475 g/mol. The van der Waals surface area contributed by atoms with Gasteiger partial charge in [-0.3, -0.25) is 0 Å². The fraction of sp³-hybridized carbons (Fsp3) is 0.0556. The molecule has 6 aromatic rings. The summed E-state index contributed by atoms with van der Waals surface area (Å²) < 4.78 is 2.44. The molecule has 0 aliphatic heterocycles. The van der Waals surface area contributed by atoms with Gasteiger partial charge < -0.3 is 4.57 Å². The van der Waals surface area contributed by atoms with Gasteiger partial charge in [-0.2, -0.15) is 0 Å². The molecule has 0 atom stereocenters. The van der Waals surface area contributed by atoms with Gasteiger partial charge in [0.25, 0.3) is 0 Å². The molecule has 1 nitrogen and oxygen atoms in total. The fourth-order valence-corrected chi connectivity index (χ4v) is 4.91. The van der Waals surface area contributed by atoms with Crippen molar-refractivity contribution in [3.63, 3.8) is 0 Å². The number of hydrogen-bond acceptors (Lipinski definition) is 0. The summed E-state index contributed by atoms with van der Waals surface area (Å²) in [5.74, 6) is 0. The molecule has 1 aromatic heterocycles. The maximum Gasteiger partial charge on any atom is 0.0494 e. The number of benzene rings is 5. The zero-order valence-corrected chi connectivity index (χ0v) is 21.0. The van der Waals surface area contributed by atoms with E-state index >= 15 is 0 Å². The molecular weight excluding hydrogens is 446 g/mol. The molecule has 0 aliphatic rings. The molecule has 1 heterocycles. The summed E-state index contributed by atoms with van der Waals surface area (Å²) in [6.45, 7) is 2.97. The Kier molecular flexibility index (Phi) is 6.27. The van der Waals surface area contributed by atoms with Crippen LogP contribution in [0.1, 0.15) is 33.4 Å². The molecule has 0 bridgehead atoms. The van der Waals surface area contributed by atoms with Gasteiger partial charge in [-0.15, -0.1) is 0 Å². The molecule has 0 unspecified atom stereocenters. The minimum atomic E-state index is 0.846. The summed E-state index contributed by atoms with van der Waals surface area (Å²) >= 11 is 0. The first-order valence-electron chi connectivity index (χ1n) is 12.8. The van der Waals surface area contributed by atoms with Crippen molar-refractivity contribution < 1.29 is 0 Å². The Morgan fingerprint density at radius 2 is 0.946 bits per heavy atom. The van der Waals surface area contributed by atoms with E-state index < -0.39 is 0 Å². The van der Waals surface area contributed by atoms with Crippen molar-refractivity contribution in [2.75, 3.05) is 0 Å². The van der Waals surface area contributed by atoms with Crippen LogP contribution in [0.4, 0.5) is 0 Å². The predicted octanol–water partition coefficient (Wildman–Crippen LogP) is 9.49. The van der Waals surface area contributed by atoms with Gasteiger partial charge in [0.15, 0.2) is 0 Å². The first-order chi connectivity index (χ1) is 18.2. The van der Waals surface area contributed by atoms with Crippen LogP contribution in [-0.2, 0) is 6.54 Å². The molecule has 0 radical (unpaired) electrons. The van der Waals surface area contributed by atoms with Gasteiger partial charge >= 0.3 is 0 Å². The summed E-state index contributed by atoms with van der Waals surface area (Å²) in [6, 6.07) is 43.5. The Balaban J connectivity index is 1.44. The smallest absolute Gasteiger partial charge is 0.0494 e. The molecule has 0 saturated heterocycles. The van der Waals surface area contributed by atoms with Crippen LogP contribution in [0.25, 0.3) is 46.1 Å². The van der Waals surface area contributed by atoms with Crippen LogP contribution in [-0.4, -0.2) is 4.57 Å². The molecule has 1 heteroatoms. The third-order valence-electron chi connectivity index (χ3n) is 6.91. The van der Waals surface area contributed by atoms with Crippen LogP contribution in [0.15, 0.2) is 121 Å². The Morgan fingerprint density at radius 3 is 1.51 bits per heavy atom. The van der Waals surface area contributed by atoms with Crippen LogP contribution in [0.5, 0.6) is 0 Å². The van der Waals surface area contributed by atoms with Crippen molar-refractivity contribution in [3.8, 4) is 0 Å². The highest BCUT2D eigenvalue weighted by Gasteiger charge is 2.12. The van der Waals surface area contributed by atoms with E-state index in [0.29, 0.717) is 0 Å². The molecular formula is C36H29N. The second-order valence-corrected chi connectivity index (χ2v) is 9.61. The molecule has 0 spiro atoms. The molecule has 0 aliphatic carbocycles. The Morgan fingerprint density at radius 1 is 0.486 bits per heavy atom. The minimum absolute atomic E-state index is 0.846. The number of fused-ring (bicyclic) bond motifs is 3. The normalized spacial score (nSPS) is 11.8. The first kappa shape index (κ1) is 22.8. The highest BCUT2D eigenvalue weighted by molar-refractivity contribution is 6.09. The van der Waals surface area contributed by atoms with Gasteiger partial charge in [0.1, 0.15) is 0 Å². The Labute approximate surface area is 218 Å². The van der Waals surface area contributed by atoms with Gasteiger partial charge in [0.2, 0.25) is 0 Å². The van der Waals surface area contributed by atoms with Gasteiger partial charge in [-0.05, 0) is 59.0 Å². The van der Waals surface area contributed by atoms with E-state index in [-0.39, 0.29) is 0 Å². The van der Waals surface area contributed by atoms with E-state index in [1.165, 1.54) is 55.2 Å². The Bertz CT molecular complexity index is 1720. The number of aryl methyl sites for hydroxylation is 1. The second-order valence-electron chi connectivity index (χ2n) is 9.61. The molecule has 37 heavy (non-hydrogen) atoms. The first-order valence-corrected chi connectivity index (χ1v) is 12.8. The van der Waals surface area contributed by atoms with E-state index in [4.69, 9.17) is 0 Å². The summed E-state index contributed by atoms with van der Waals surface area (Å²) in [4.78, 5) is 0. The molecule has 6 rings (SSSR count). The lowest BCUT2D eigenvalue weighted by molar-refractivity contribution is 0.869. The zero-order chi connectivity index (χ0) is 25.0. The summed E-state index contributed by atoms with van der Waals surface area (Å²) in [5, 5.41) is 2.57. The number of rotatable bonds is 6. The second kappa shape index (κ2) is 10.2. The molecule has 0 amide bonds. The maximum atomic E-state index is 2.44. The Hall–Kier alpha value is -4.62. The van der Waals surface area contributed by atoms with Crippen molar-refractivity contribution in [2.45, 2.75) is 13.5 Å². The van der Waals surface area contributed by atoms with Gasteiger partial charge in [-0.25, -0.2) is 0 Å². The fourth-order valence-electron chi connectivity index (χ4n) is 4.91. The minimum Gasteiger partial charge on any atom is -0.336 e. The number of aromatic nitrogens is 1. The van der Waals surface area contributed by atoms with Gasteiger partial charge in [-0.1, -0.05) is 127 Å². The van der Waals surface area contributed by atoms with E-state index in [1.54, 1.807) is 0 Å². The van der Waals surface area contributed by atoms with E-state index in [0.717, 1.165) is 6.54 Å². The predicted molar refractivity (Wildman–Crippen MR) is 160 cm³/mol. The van der Waals surface area contributed by atoms with Crippen LogP contribution in [0.3, 0.4) is 0 Å². The summed E-state index contributed by atoms with van der Waals surface area (Å²) in [5.41, 5.74) is 9.93. The lowest BCUT2D eigenvalue weighted by Crippen LogP contribution is -1.99. The zero-order valence-electron chi connectivity index (χ0n) is 21.0. The van der Waals surface area contributed by atoms with Crippen molar-refractivity contribution >= 4 is 46.1 Å². The maximum absolute atomic E-state index is 2.44. The van der Waals surface area contributed by atoms with Crippen molar-refractivity contribution in [3.05, 3.63) is 155 Å². The van der Waals surface area contributed by atoms with Crippen molar-refractivity contribution in [1.82, 2.24) is 4.57 Å². The largest absolute Gasteiger partial charge is 0.336 e. The molecule has 5 aromatic carbocycles. The molecule has 0 fully saturated rings. The quantitative estimate of drug-likeness (QED) is 0.211. The average Bonchev–Trinajstić information content (AvgIpc) is 3.25. The summed E-state index contributed by atoms with van der Waals surface area (Å²) in [6.07, 6.45) is 8.79. The lowest BCUT2D eigenvalue weighted by Gasteiger charge is -2.08. The third-order valence-corrected chi connectivity index (χ3v) is 6.91. The van der Waals surface area contributed by atoms with Crippen LogP contribution < -0.4 is 0 Å². The SMILES string of the molecule is Cc1ccc(/C=C/c2ccc3c(c2)c2cc(/C=C/c4ccccc4)ccc2n3Cc2ccccc2)cc1. The molecule has 178 valence electrons. The van der Waals surface area contributed by atoms with Crippen molar-refractivity contribution in [2.24, 2.45) is 0 Å². The van der Waals surface area contributed by atoms with E-state index in [9.17, 15) is 0 Å². The van der Waals surface area contributed by atoms with Crippen LogP contribution in [0.2, 0.25) is 0 Å². The number of nitrogens with zero attached hydrogens (tertiary/aromatic N) is 1. The van der Waals surface area contributed by atoms with Crippen molar-refractivity contribution in [1.29, 1.82) is 0 Å². The van der Waals surface area contributed by atoms with E-state index in [1.807, 2.05) is 0 Å². The standard InChI is InChI=1S/C36H29N/c1-27-12-14-29(15-13-27)17-19-31-21-23-36-34(25-31)33-24-30(18-16-28-8-4-2-5-9-28)20-22-35(33)37(36)26-32-10-6-3-7-11-32/h2-25H,26H2,1H3/b18-16+,19-17+. The van der Waals surface area contributed by atoms with Crippen LogP contribution >= 0.6 is 0 Å². The van der Waals surface area contributed by atoms with Gasteiger partial charge in [0, 0.05) is 28.4 Å². The number of hydrogen-bond donors (Lipinski definition) is 0. The molecule has 0 N–H and O–H groups in total. The summed E-state index contributed by atoms with van der Waals surface area (Å²) in [7, 11) is 0.